The molecule has 0 aromatic carbocycles. The molecule has 1 N–H and O–H groups in total. The van der Waals surface area contributed by atoms with Gasteiger partial charge in [0.2, 0.25) is 0 Å². The molecule has 0 heterocycles. The first-order valence-corrected chi connectivity index (χ1v) is 7.68. The van der Waals surface area contributed by atoms with Crippen LogP contribution in [0, 0.1) is 0 Å². The molecule has 0 fully saturated rings. The zero-order valence-corrected chi connectivity index (χ0v) is 13.1. The molecule has 0 aliphatic carbocycles. The summed E-state index contributed by atoms with van der Waals surface area (Å²) in [5, 5.41) is 8.31. The van der Waals surface area contributed by atoms with Crippen LogP contribution in [0.2, 0.25) is 0 Å². The summed E-state index contributed by atoms with van der Waals surface area (Å²) < 4.78 is 21.2. The Labute approximate surface area is 120 Å². The van der Waals surface area contributed by atoms with E-state index in [0.29, 0.717) is 33.0 Å². The molecule has 2 unspecified atom stereocenters. The fourth-order valence-electron chi connectivity index (χ4n) is 0.776. The topological polar surface area (TPSA) is 57.2 Å². The average molecular weight is 323 g/mol. The molecule has 8 heteroatoms. The maximum absolute atomic E-state index is 8.52. The van der Waals surface area contributed by atoms with Crippen LogP contribution in [0.15, 0.2) is 0 Å². The smallest absolute Gasteiger partial charge is 0.332 e. The van der Waals surface area contributed by atoms with Crippen molar-refractivity contribution in [2.45, 2.75) is 24.6 Å². The Kier molecular flexibility index (Phi) is 13.4. The molecule has 5 nitrogen and oxygen atoms in total. The van der Waals surface area contributed by atoms with Gasteiger partial charge in [0, 0.05) is 0 Å². The number of aliphatic hydroxyl groups is 1. The lowest BCUT2D eigenvalue weighted by Crippen LogP contribution is -2.10. The number of alkyl halides is 2. The first-order chi connectivity index (χ1) is 8.56. The molecule has 0 rings (SSSR count). The van der Waals surface area contributed by atoms with Crippen LogP contribution in [-0.4, -0.2) is 55.5 Å². The lowest BCUT2D eigenvalue weighted by atomic mass is 10.5. The Bertz CT molecular complexity index is 174. The van der Waals surface area contributed by atoms with Crippen molar-refractivity contribution in [3.63, 3.8) is 0 Å². The van der Waals surface area contributed by atoms with Gasteiger partial charge in [0.15, 0.2) is 0 Å². The van der Waals surface area contributed by atoms with Crippen molar-refractivity contribution in [3.8, 4) is 0 Å². The zero-order valence-electron chi connectivity index (χ0n) is 10.7. The van der Waals surface area contributed by atoms with E-state index in [2.05, 4.69) is 0 Å². The monoisotopic (exact) mass is 322 g/mol. The van der Waals surface area contributed by atoms with E-state index >= 15 is 0 Å². The molecule has 0 aliphatic rings. The Morgan fingerprint density at radius 2 is 1.50 bits per heavy atom. The Morgan fingerprint density at radius 3 is 1.94 bits per heavy atom. The minimum Gasteiger partial charge on any atom is -0.394 e. The summed E-state index contributed by atoms with van der Waals surface area (Å²) in [7, 11) is -1.46. The Hall–Kier alpha value is 0.810. The van der Waals surface area contributed by atoms with Crippen molar-refractivity contribution < 1.29 is 23.4 Å². The maximum atomic E-state index is 8.52. The Balaban J connectivity index is 3.74. The van der Waals surface area contributed by atoms with E-state index < -0.39 is 8.60 Å². The lowest BCUT2D eigenvalue weighted by molar-refractivity contribution is 0.0610. The largest absolute Gasteiger partial charge is 0.394 e. The van der Waals surface area contributed by atoms with Crippen molar-refractivity contribution in [2.75, 3.05) is 39.6 Å². The Morgan fingerprint density at radius 1 is 0.944 bits per heavy atom. The van der Waals surface area contributed by atoms with Crippen LogP contribution in [0.1, 0.15) is 13.8 Å². The van der Waals surface area contributed by atoms with Crippen LogP contribution in [-0.2, 0) is 18.3 Å². The van der Waals surface area contributed by atoms with E-state index in [1.807, 2.05) is 13.8 Å². The van der Waals surface area contributed by atoms with Crippen LogP contribution in [0.25, 0.3) is 0 Å². The number of hydrogen-bond donors (Lipinski definition) is 1. The SMILES string of the molecule is CC(Cl)COP(OCCOCCO)OCC(C)Cl. The zero-order chi connectivity index (χ0) is 13.8. The van der Waals surface area contributed by atoms with E-state index in [-0.39, 0.29) is 17.4 Å². The van der Waals surface area contributed by atoms with Crippen LogP contribution < -0.4 is 0 Å². The summed E-state index contributed by atoms with van der Waals surface area (Å²) in [4.78, 5) is 0. The van der Waals surface area contributed by atoms with Gasteiger partial charge in [-0.3, -0.25) is 0 Å². The number of ether oxygens (including phenoxy) is 1. The molecule has 0 radical (unpaired) electrons. The molecule has 0 aromatic heterocycles. The average Bonchev–Trinajstić information content (AvgIpc) is 2.30. The van der Waals surface area contributed by atoms with Crippen molar-refractivity contribution in [2.24, 2.45) is 0 Å². The normalized spacial score (nSPS) is 16.5. The molecular formula is C10H21Cl2O5P. The van der Waals surface area contributed by atoms with Crippen LogP contribution in [0.4, 0.5) is 0 Å². The second kappa shape index (κ2) is 12.8. The van der Waals surface area contributed by atoms with Crippen molar-refractivity contribution in [3.05, 3.63) is 0 Å². The van der Waals surface area contributed by atoms with Crippen LogP contribution in [0.3, 0.4) is 0 Å². The highest BCUT2D eigenvalue weighted by atomic mass is 35.5. The molecule has 110 valence electrons. The molecule has 18 heavy (non-hydrogen) atoms. The first kappa shape index (κ1) is 18.8. The van der Waals surface area contributed by atoms with Crippen molar-refractivity contribution in [1.82, 2.24) is 0 Å². The second-order valence-electron chi connectivity index (χ2n) is 3.55. The minimum atomic E-state index is -1.46. The van der Waals surface area contributed by atoms with E-state index in [9.17, 15) is 0 Å². The van der Waals surface area contributed by atoms with Crippen LogP contribution >= 0.6 is 31.8 Å². The number of rotatable bonds is 12. The van der Waals surface area contributed by atoms with Gasteiger partial charge in [-0.2, -0.15) is 0 Å². The van der Waals surface area contributed by atoms with Gasteiger partial charge in [0.05, 0.1) is 50.4 Å². The van der Waals surface area contributed by atoms with Gasteiger partial charge >= 0.3 is 8.60 Å². The van der Waals surface area contributed by atoms with Gasteiger partial charge in [0.25, 0.3) is 0 Å². The van der Waals surface area contributed by atoms with Gasteiger partial charge in [-0.15, -0.1) is 23.2 Å². The summed E-state index contributed by atoms with van der Waals surface area (Å²) in [5.41, 5.74) is 0. The molecule has 0 amide bonds. The van der Waals surface area contributed by atoms with Gasteiger partial charge in [0.1, 0.15) is 0 Å². The second-order valence-corrected chi connectivity index (χ2v) is 6.26. The summed E-state index contributed by atoms with van der Waals surface area (Å²) in [6.07, 6.45) is 0. The third-order valence-electron chi connectivity index (χ3n) is 1.48. The molecule has 0 saturated heterocycles. The number of aliphatic hydroxyl groups excluding tert-OH is 1. The van der Waals surface area contributed by atoms with E-state index in [0.717, 1.165) is 0 Å². The van der Waals surface area contributed by atoms with Gasteiger partial charge in [-0.05, 0) is 13.8 Å². The van der Waals surface area contributed by atoms with Crippen molar-refractivity contribution in [1.29, 1.82) is 0 Å². The maximum Gasteiger partial charge on any atom is 0.332 e. The third-order valence-corrected chi connectivity index (χ3v) is 2.84. The molecule has 0 saturated carbocycles. The standard InChI is InChI=1S/C10H21Cl2O5P/c1-9(11)7-16-18(17-8-10(2)12)15-6-5-14-4-3-13/h9-10,13H,3-8H2,1-2H3. The summed E-state index contributed by atoms with van der Waals surface area (Å²) in [6, 6.07) is 0. The molecule has 0 bridgehead atoms. The van der Waals surface area contributed by atoms with E-state index in [4.69, 9.17) is 46.6 Å². The van der Waals surface area contributed by atoms with Gasteiger partial charge in [-0.25, -0.2) is 0 Å². The van der Waals surface area contributed by atoms with Gasteiger partial charge in [-0.1, -0.05) is 0 Å². The fraction of sp³-hybridized carbons (Fsp3) is 1.00. The highest BCUT2D eigenvalue weighted by Gasteiger charge is 2.15. The summed E-state index contributed by atoms with van der Waals surface area (Å²) in [6.45, 7) is 5.34. The number of halogens is 2. The van der Waals surface area contributed by atoms with Crippen molar-refractivity contribution >= 4 is 31.8 Å². The van der Waals surface area contributed by atoms with E-state index in [1.54, 1.807) is 0 Å². The van der Waals surface area contributed by atoms with Crippen LogP contribution in [0.5, 0.6) is 0 Å². The van der Waals surface area contributed by atoms with Gasteiger partial charge < -0.3 is 23.4 Å². The third kappa shape index (κ3) is 13.2. The highest BCUT2D eigenvalue weighted by Crippen LogP contribution is 2.40. The lowest BCUT2D eigenvalue weighted by Gasteiger charge is -2.18. The first-order valence-electron chi connectivity index (χ1n) is 5.71. The molecular weight excluding hydrogens is 302 g/mol. The summed E-state index contributed by atoms with van der Waals surface area (Å²) >= 11 is 11.6. The van der Waals surface area contributed by atoms with E-state index in [1.165, 1.54) is 0 Å². The molecule has 2 atom stereocenters. The predicted molar refractivity (Wildman–Crippen MR) is 73.3 cm³/mol. The highest BCUT2D eigenvalue weighted by molar-refractivity contribution is 7.41. The summed E-state index contributed by atoms with van der Waals surface area (Å²) in [5.74, 6) is 0. The predicted octanol–water partition coefficient (Wildman–Crippen LogP) is 2.53. The fourth-order valence-corrected chi connectivity index (χ4v) is 2.22. The minimum absolute atomic E-state index is 0.00468. The molecule has 0 aromatic rings. The quantitative estimate of drug-likeness (QED) is 0.340. The molecule has 0 spiro atoms. The molecule has 0 aliphatic heterocycles. The number of hydrogen-bond acceptors (Lipinski definition) is 5.